The molecular weight excluding hydrogens is 180 g/mol. The Kier molecular flexibility index (Phi) is 4.55. The topological polar surface area (TPSA) is 52.0 Å². The van der Waals surface area contributed by atoms with Gasteiger partial charge in [0, 0.05) is 26.6 Å². The molecule has 0 saturated heterocycles. The largest absolute Gasteiger partial charge is 0.384 e. The Bertz CT molecular complexity index is 272. The van der Waals surface area contributed by atoms with Crippen molar-refractivity contribution in [2.24, 2.45) is 0 Å². The van der Waals surface area contributed by atoms with Crippen LogP contribution in [0, 0.1) is 0 Å². The van der Waals surface area contributed by atoms with E-state index in [9.17, 15) is 0 Å². The molecular formula is C9H18N4O. The van der Waals surface area contributed by atoms with E-state index >= 15 is 0 Å². The molecule has 0 radical (unpaired) electrons. The van der Waals surface area contributed by atoms with Gasteiger partial charge in [0.1, 0.15) is 0 Å². The lowest BCUT2D eigenvalue weighted by atomic mass is 10.2. The number of hydrogen-bond donors (Lipinski definition) is 1. The number of aromatic nitrogens is 3. The molecule has 0 aliphatic carbocycles. The van der Waals surface area contributed by atoms with Crippen molar-refractivity contribution in [3.05, 3.63) is 11.4 Å². The van der Waals surface area contributed by atoms with Crippen LogP contribution in [0.15, 0.2) is 0 Å². The molecule has 0 unspecified atom stereocenters. The van der Waals surface area contributed by atoms with Crippen LogP contribution in [0.3, 0.4) is 0 Å². The third kappa shape index (κ3) is 2.52. The molecule has 1 aromatic rings. The summed E-state index contributed by atoms with van der Waals surface area (Å²) >= 11 is 0. The number of hydrogen-bond acceptors (Lipinski definition) is 4. The van der Waals surface area contributed by atoms with Crippen LogP contribution < -0.4 is 5.32 Å². The van der Waals surface area contributed by atoms with Gasteiger partial charge in [0.15, 0.2) is 0 Å². The maximum atomic E-state index is 5.06. The van der Waals surface area contributed by atoms with Crippen molar-refractivity contribution in [1.29, 1.82) is 0 Å². The van der Waals surface area contributed by atoms with E-state index in [1.807, 2.05) is 11.7 Å². The second-order valence-electron chi connectivity index (χ2n) is 3.07. The number of nitrogens with zero attached hydrogens (tertiary/aromatic N) is 3. The van der Waals surface area contributed by atoms with Crippen LogP contribution in [0.4, 0.5) is 0 Å². The highest BCUT2D eigenvalue weighted by Crippen LogP contribution is 2.06. The van der Waals surface area contributed by atoms with Gasteiger partial charge < -0.3 is 10.1 Å². The van der Waals surface area contributed by atoms with E-state index in [4.69, 9.17) is 4.74 Å². The summed E-state index contributed by atoms with van der Waals surface area (Å²) in [4.78, 5) is 0. The minimum atomic E-state index is 0.712. The van der Waals surface area contributed by atoms with Crippen molar-refractivity contribution in [3.8, 4) is 0 Å². The lowest BCUT2D eigenvalue weighted by Gasteiger charge is -2.04. The maximum Gasteiger partial charge on any atom is 0.0997 e. The third-order valence-electron chi connectivity index (χ3n) is 2.10. The van der Waals surface area contributed by atoms with Gasteiger partial charge >= 0.3 is 0 Å². The van der Waals surface area contributed by atoms with Crippen molar-refractivity contribution in [2.75, 3.05) is 20.8 Å². The van der Waals surface area contributed by atoms with Crippen molar-refractivity contribution < 1.29 is 4.74 Å². The van der Waals surface area contributed by atoms with E-state index in [1.54, 1.807) is 7.11 Å². The summed E-state index contributed by atoms with van der Waals surface area (Å²) in [5, 5.41) is 11.3. The first-order valence-corrected chi connectivity index (χ1v) is 4.88. The molecule has 14 heavy (non-hydrogen) atoms. The van der Waals surface area contributed by atoms with Gasteiger partial charge in [-0.25, -0.2) is 4.68 Å². The molecule has 0 atom stereocenters. The molecule has 0 amide bonds. The first-order valence-electron chi connectivity index (χ1n) is 4.88. The van der Waals surface area contributed by atoms with Gasteiger partial charge in [0.2, 0.25) is 0 Å². The molecule has 1 N–H and O–H groups in total. The van der Waals surface area contributed by atoms with E-state index < -0.39 is 0 Å². The summed E-state index contributed by atoms with van der Waals surface area (Å²) in [6.45, 7) is 4.40. The summed E-state index contributed by atoms with van der Waals surface area (Å²) < 4.78 is 6.98. The highest BCUT2D eigenvalue weighted by atomic mass is 16.5. The van der Waals surface area contributed by atoms with Gasteiger partial charge in [-0.2, -0.15) is 0 Å². The van der Waals surface area contributed by atoms with E-state index in [2.05, 4.69) is 22.6 Å². The fourth-order valence-corrected chi connectivity index (χ4v) is 1.40. The molecule has 0 bridgehead atoms. The Morgan fingerprint density at radius 2 is 2.29 bits per heavy atom. The Morgan fingerprint density at radius 1 is 1.50 bits per heavy atom. The molecule has 0 fully saturated rings. The van der Waals surface area contributed by atoms with Crippen LogP contribution in [-0.4, -0.2) is 35.8 Å². The van der Waals surface area contributed by atoms with Crippen LogP contribution in [0.25, 0.3) is 0 Å². The van der Waals surface area contributed by atoms with Gasteiger partial charge in [-0.05, 0) is 14.0 Å². The van der Waals surface area contributed by atoms with Gasteiger partial charge in [-0.3, -0.25) is 0 Å². The summed E-state index contributed by atoms with van der Waals surface area (Å²) in [5.41, 5.74) is 2.19. The number of rotatable bonds is 6. The van der Waals surface area contributed by atoms with Crippen LogP contribution in [-0.2, 0) is 24.2 Å². The van der Waals surface area contributed by atoms with Crippen molar-refractivity contribution >= 4 is 0 Å². The predicted octanol–water partition coefficient (Wildman–Crippen LogP) is 0.206. The molecule has 1 heterocycles. The van der Waals surface area contributed by atoms with Gasteiger partial charge in [0.25, 0.3) is 0 Å². The van der Waals surface area contributed by atoms with Crippen LogP contribution in [0.2, 0.25) is 0 Å². The Labute approximate surface area is 84.4 Å². The standard InChI is InChI=1S/C9H18N4O/c1-4-13-9(5-6-14-3)8(7-10-2)11-12-13/h10H,4-7H2,1-3H3. The average Bonchev–Trinajstić information content (AvgIpc) is 2.58. The molecule has 0 spiro atoms. The lowest BCUT2D eigenvalue weighted by molar-refractivity contribution is 0.200. The quantitative estimate of drug-likeness (QED) is 0.709. The Balaban J connectivity index is 2.76. The number of ether oxygens (including phenoxy) is 1. The fraction of sp³-hybridized carbons (Fsp3) is 0.778. The van der Waals surface area contributed by atoms with Gasteiger partial charge in [-0.1, -0.05) is 5.21 Å². The molecule has 0 aliphatic rings. The molecule has 0 aliphatic heterocycles. The third-order valence-corrected chi connectivity index (χ3v) is 2.10. The zero-order chi connectivity index (χ0) is 10.4. The Hall–Kier alpha value is -0.940. The summed E-state index contributed by atoms with van der Waals surface area (Å²) in [7, 11) is 3.61. The number of nitrogens with one attached hydrogen (secondary N) is 1. The van der Waals surface area contributed by atoms with Gasteiger partial charge in [-0.15, -0.1) is 5.10 Å². The van der Waals surface area contributed by atoms with E-state index in [-0.39, 0.29) is 0 Å². The summed E-state index contributed by atoms with van der Waals surface area (Å²) in [6.07, 6.45) is 0.869. The molecule has 1 aromatic heterocycles. The minimum absolute atomic E-state index is 0.712. The van der Waals surface area contributed by atoms with Crippen LogP contribution >= 0.6 is 0 Å². The molecule has 5 heteroatoms. The predicted molar refractivity (Wildman–Crippen MR) is 54.0 cm³/mol. The highest BCUT2D eigenvalue weighted by Gasteiger charge is 2.10. The van der Waals surface area contributed by atoms with Crippen LogP contribution in [0.1, 0.15) is 18.3 Å². The van der Waals surface area contributed by atoms with Crippen LogP contribution in [0.5, 0.6) is 0 Å². The summed E-state index contributed by atoms with van der Waals surface area (Å²) in [5.74, 6) is 0. The SMILES string of the molecule is CCn1nnc(CNC)c1CCOC. The minimum Gasteiger partial charge on any atom is -0.384 e. The first kappa shape index (κ1) is 11.1. The smallest absolute Gasteiger partial charge is 0.0997 e. The summed E-state index contributed by atoms with van der Waals surface area (Å²) in [6, 6.07) is 0. The molecule has 5 nitrogen and oxygen atoms in total. The average molecular weight is 198 g/mol. The second-order valence-corrected chi connectivity index (χ2v) is 3.07. The monoisotopic (exact) mass is 198 g/mol. The zero-order valence-corrected chi connectivity index (χ0v) is 9.08. The molecule has 0 aromatic carbocycles. The number of aryl methyl sites for hydroxylation is 1. The normalized spacial score (nSPS) is 10.8. The van der Waals surface area contributed by atoms with E-state index in [0.29, 0.717) is 6.61 Å². The number of methoxy groups -OCH3 is 1. The van der Waals surface area contributed by atoms with Crippen molar-refractivity contribution in [3.63, 3.8) is 0 Å². The van der Waals surface area contributed by atoms with E-state index in [0.717, 1.165) is 25.2 Å². The molecule has 80 valence electrons. The zero-order valence-electron chi connectivity index (χ0n) is 9.08. The first-order chi connectivity index (χ1) is 6.83. The van der Waals surface area contributed by atoms with Gasteiger partial charge in [0.05, 0.1) is 18.0 Å². The highest BCUT2D eigenvalue weighted by molar-refractivity contribution is 5.10. The van der Waals surface area contributed by atoms with Crippen molar-refractivity contribution in [2.45, 2.75) is 26.4 Å². The maximum absolute atomic E-state index is 5.06. The van der Waals surface area contributed by atoms with E-state index in [1.165, 1.54) is 5.69 Å². The fourth-order valence-electron chi connectivity index (χ4n) is 1.40. The lowest BCUT2D eigenvalue weighted by Crippen LogP contribution is -2.11. The second kappa shape index (κ2) is 5.72. The van der Waals surface area contributed by atoms with Crippen molar-refractivity contribution in [1.82, 2.24) is 20.3 Å². The molecule has 1 rings (SSSR count). The molecule has 0 saturated carbocycles. The Morgan fingerprint density at radius 3 is 2.86 bits per heavy atom.